The molecule has 156 valence electrons. The van der Waals surface area contributed by atoms with E-state index in [4.69, 9.17) is 0 Å². The van der Waals surface area contributed by atoms with Crippen molar-refractivity contribution in [1.29, 1.82) is 0 Å². The first-order valence-electron chi connectivity index (χ1n) is 9.82. The highest BCUT2D eigenvalue weighted by molar-refractivity contribution is 7.09. The van der Waals surface area contributed by atoms with Crippen LogP contribution in [0.5, 0.6) is 0 Å². The van der Waals surface area contributed by atoms with E-state index in [0.29, 0.717) is 17.8 Å². The van der Waals surface area contributed by atoms with Crippen LogP contribution in [0.4, 0.5) is 10.5 Å². The number of para-hydroxylation sites is 1. The molecule has 0 saturated heterocycles. The van der Waals surface area contributed by atoms with Crippen molar-refractivity contribution < 1.29 is 9.59 Å². The number of carbonyl (C=O) groups excluding carboxylic acids is 2. The first-order chi connectivity index (χ1) is 14.5. The Hall–Kier alpha value is -3.26. The van der Waals surface area contributed by atoms with Gasteiger partial charge in [0.25, 0.3) is 5.91 Å². The van der Waals surface area contributed by atoms with Crippen LogP contribution in [0.1, 0.15) is 35.6 Å². The topological polar surface area (TPSA) is 96.0 Å². The van der Waals surface area contributed by atoms with Gasteiger partial charge in [-0.1, -0.05) is 12.1 Å². The van der Waals surface area contributed by atoms with Gasteiger partial charge in [0, 0.05) is 42.3 Å². The molecule has 0 fully saturated rings. The van der Waals surface area contributed by atoms with Crippen molar-refractivity contribution in [3.05, 3.63) is 64.7 Å². The summed E-state index contributed by atoms with van der Waals surface area (Å²) in [6.07, 6.45) is 5.07. The SMILES string of the molecule is CC(C)NC(=O)Nc1ccccc1C(=O)NCCCc1nc(-c2ccncc2)cs1. The van der Waals surface area contributed by atoms with Crippen LogP contribution >= 0.6 is 11.3 Å². The summed E-state index contributed by atoms with van der Waals surface area (Å²) >= 11 is 1.61. The fraction of sp³-hybridized carbons (Fsp3) is 0.273. The van der Waals surface area contributed by atoms with E-state index in [1.165, 1.54) is 0 Å². The Bertz CT molecular complexity index is 988. The maximum absolute atomic E-state index is 12.6. The van der Waals surface area contributed by atoms with Gasteiger partial charge in [0.05, 0.1) is 22.0 Å². The quantitative estimate of drug-likeness (QED) is 0.475. The number of rotatable bonds is 8. The van der Waals surface area contributed by atoms with Crippen molar-refractivity contribution in [2.45, 2.75) is 32.7 Å². The number of nitrogens with zero attached hydrogens (tertiary/aromatic N) is 2. The summed E-state index contributed by atoms with van der Waals surface area (Å²) in [7, 11) is 0. The van der Waals surface area contributed by atoms with Gasteiger partial charge >= 0.3 is 6.03 Å². The lowest BCUT2D eigenvalue weighted by atomic mass is 10.1. The summed E-state index contributed by atoms with van der Waals surface area (Å²) in [4.78, 5) is 33.2. The van der Waals surface area contributed by atoms with Crippen molar-refractivity contribution in [1.82, 2.24) is 20.6 Å². The molecule has 0 aliphatic rings. The number of nitrogens with one attached hydrogen (secondary N) is 3. The van der Waals surface area contributed by atoms with Gasteiger partial charge in [0.1, 0.15) is 0 Å². The van der Waals surface area contributed by atoms with Crippen LogP contribution in [0.25, 0.3) is 11.3 Å². The number of anilines is 1. The van der Waals surface area contributed by atoms with E-state index >= 15 is 0 Å². The van der Waals surface area contributed by atoms with Crippen molar-refractivity contribution in [3.8, 4) is 11.3 Å². The summed E-state index contributed by atoms with van der Waals surface area (Å²) in [6, 6.07) is 10.5. The number of aromatic nitrogens is 2. The van der Waals surface area contributed by atoms with Gasteiger partial charge < -0.3 is 16.0 Å². The van der Waals surface area contributed by atoms with Crippen LogP contribution in [-0.2, 0) is 6.42 Å². The molecule has 0 spiro atoms. The lowest BCUT2D eigenvalue weighted by molar-refractivity contribution is 0.0954. The Morgan fingerprint density at radius 2 is 1.87 bits per heavy atom. The maximum Gasteiger partial charge on any atom is 0.319 e. The molecule has 7 nitrogen and oxygen atoms in total. The first-order valence-corrected chi connectivity index (χ1v) is 10.7. The Balaban J connectivity index is 1.50. The van der Waals surface area contributed by atoms with Gasteiger partial charge in [0.15, 0.2) is 0 Å². The molecular weight excluding hydrogens is 398 g/mol. The van der Waals surface area contributed by atoms with Crippen molar-refractivity contribution in [2.24, 2.45) is 0 Å². The molecule has 3 rings (SSSR count). The smallest absolute Gasteiger partial charge is 0.319 e. The zero-order valence-electron chi connectivity index (χ0n) is 17.0. The van der Waals surface area contributed by atoms with Gasteiger partial charge in [-0.15, -0.1) is 11.3 Å². The Morgan fingerprint density at radius 3 is 2.63 bits per heavy atom. The number of hydrogen-bond donors (Lipinski definition) is 3. The maximum atomic E-state index is 12.6. The molecule has 1 aromatic carbocycles. The molecule has 30 heavy (non-hydrogen) atoms. The van der Waals surface area contributed by atoms with Crippen LogP contribution in [0.2, 0.25) is 0 Å². The minimum atomic E-state index is -0.334. The van der Waals surface area contributed by atoms with E-state index in [1.807, 2.05) is 31.4 Å². The first kappa shape index (κ1) is 21.4. The van der Waals surface area contributed by atoms with Gasteiger partial charge in [-0.25, -0.2) is 9.78 Å². The second kappa shape index (κ2) is 10.5. The zero-order chi connectivity index (χ0) is 21.3. The molecule has 8 heteroatoms. The molecule has 0 radical (unpaired) electrons. The molecule has 0 aliphatic carbocycles. The molecule has 2 aromatic heterocycles. The summed E-state index contributed by atoms with van der Waals surface area (Å²) in [6.45, 7) is 4.27. The third-order valence-electron chi connectivity index (χ3n) is 4.22. The highest BCUT2D eigenvalue weighted by Gasteiger charge is 2.13. The monoisotopic (exact) mass is 423 g/mol. The van der Waals surface area contributed by atoms with Gasteiger partial charge in [-0.05, 0) is 44.5 Å². The highest BCUT2D eigenvalue weighted by atomic mass is 32.1. The van der Waals surface area contributed by atoms with Crippen LogP contribution in [0, 0.1) is 0 Å². The standard InChI is InChI=1S/C22H25N5O2S/c1-15(2)25-22(29)27-18-7-4-3-6-17(18)21(28)24-11-5-8-20-26-19(14-30-20)16-9-12-23-13-10-16/h3-4,6-7,9-10,12-15H,5,8,11H2,1-2H3,(H,24,28)(H2,25,27,29). The molecule has 2 heterocycles. The second-order valence-electron chi connectivity index (χ2n) is 7.02. The molecule has 0 aliphatic heterocycles. The highest BCUT2D eigenvalue weighted by Crippen LogP contribution is 2.21. The number of carbonyl (C=O) groups is 2. The lowest BCUT2D eigenvalue weighted by Crippen LogP contribution is -2.35. The van der Waals surface area contributed by atoms with E-state index in [0.717, 1.165) is 29.1 Å². The number of urea groups is 1. The number of aryl methyl sites for hydroxylation is 1. The summed E-state index contributed by atoms with van der Waals surface area (Å²) in [5, 5.41) is 11.5. The van der Waals surface area contributed by atoms with E-state index in [9.17, 15) is 9.59 Å². The zero-order valence-corrected chi connectivity index (χ0v) is 17.8. The van der Waals surface area contributed by atoms with Crippen LogP contribution in [0.3, 0.4) is 0 Å². The average Bonchev–Trinajstić information content (AvgIpc) is 3.20. The predicted molar refractivity (Wildman–Crippen MR) is 120 cm³/mol. The van der Waals surface area contributed by atoms with Gasteiger partial charge in [-0.2, -0.15) is 0 Å². The van der Waals surface area contributed by atoms with Crippen molar-refractivity contribution in [3.63, 3.8) is 0 Å². The van der Waals surface area contributed by atoms with E-state index in [2.05, 4.69) is 25.9 Å². The van der Waals surface area contributed by atoms with Gasteiger partial charge in [0.2, 0.25) is 0 Å². The third-order valence-corrected chi connectivity index (χ3v) is 5.13. The summed E-state index contributed by atoms with van der Waals surface area (Å²) in [5.41, 5.74) is 2.91. The van der Waals surface area contributed by atoms with Crippen LogP contribution < -0.4 is 16.0 Å². The Morgan fingerprint density at radius 1 is 1.10 bits per heavy atom. The molecule has 0 unspecified atom stereocenters. The largest absolute Gasteiger partial charge is 0.352 e. The van der Waals surface area contributed by atoms with Crippen LogP contribution in [0.15, 0.2) is 54.2 Å². The molecule has 0 bridgehead atoms. The Kier molecular flexibility index (Phi) is 7.51. The number of thiazole rings is 1. The molecular formula is C22H25N5O2S. The predicted octanol–water partition coefficient (Wildman–Crippen LogP) is 4.10. The number of amides is 3. The van der Waals surface area contributed by atoms with E-state index < -0.39 is 0 Å². The summed E-state index contributed by atoms with van der Waals surface area (Å²) in [5.74, 6) is -0.216. The molecule has 3 aromatic rings. The number of pyridine rings is 1. The van der Waals surface area contributed by atoms with E-state index in [-0.39, 0.29) is 18.0 Å². The molecule has 0 saturated carbocycles. The van der Waals surface area contributed by atoms with Crippen molar-refractivity contribution >= 4 is 29.0 Å². The normalized spacial score (nSPS) is 10.6. The molecule has 3 amide bonds. The van der Waals surface area contributed by atoms with E-state index in [1.54, 1.807) is 48.0 Å². The van der Waals surface area contributed by atoms with Gasteiger partial charge in [-0.3, -0.25) is 9.78 Å². The number of benzene rings is 1. The fourth-order valence-corrected chi connectivity index (χ4v) is 3.68. The summed E-state index contributed by atoms with van der Waals surface area (Å²) < 4.78 is 0. The Labute approximate surface area is 180 Å². The second-order valence-corrected chi connectivity index (χ2v) is 7.96. The average molecular weight is 424 g/mol. The minimum Gasteiger partial charge on any atom is -0.352 e. The fourth-order valence-electron chi connectivity index (χ4n) is 2.83. The minimum absolute atomic E-state index is 0.0101. The molecule has 3 N–H and O–H groups in total. The van der Waals surface area contributed by atoms with Crippen molar-refractivity contribution in [2.75, 3.05) is 11.9 Å². The molecule has 0 atom stereocenters. The van der Waals surface area contributed by atoms with Crippen LogP contribution in [-0.4, -0.2) is 34.5 Å². The third kappa shape index (κ3) is 6.12. The number of hydrogen-bond acceptors (Lipinski definition) is 5. The lowest BCUT2D eigenvalue weighted by Gasteiger charge is -2.13.